The molecule has 1 heterocycles. The Kier molecular flexibility index (Phi) is 2.92. The third kappa shape index (κ3) is 1.71. The van der Waals surface area contributed by atoms with E-state index in [9.17, 15) is 0 Å². The molecule has 0 amide bonds. The van der Waals surface area contributed by atoms with Gasteiger partial charge in [-0.2, -0.15) is 0 Å². The molecular weight excluding hydrogens is 212 g/mol. The lowest BCUT2D eigenvalue weighted by Crippen LogP contribution is -2.01. The van der Waals surface area contributed by atoms with Crippen LogP contribution in [0.3, 0.4) is 0 Å². The highest BCUT2D eigenvalue weighted by atomic mass is 16.5. The van der Waals surface area contributed by atoms with E-state index >= 15 is 0 Å². The van der Waals surface area contributed by atoms with Gasteiger partial charge in [0.05, 0.1) is 7.11 Å². The monoisotopic (exact) mass is 230 g/mol. The van der Waals surface area contributed by atoms with Crippen LogP contribution in [0.5, 0.6) is 5.75 Å². The Morgan fingerprint density at radius 2 is 1.88 bits per heavy atom. The fraction of sp³-hybridized carbons (Fsp3) is 0.357. The Labute approximate surface area is 102 Å². The number of aromatic nitrogens is 1. The molecule has 0 unspecified atom stereocenters. The van der Waals surface area contributed by atoms with Gasteiger partial charge in [-0.05, 0) is 38.0 Å². The molecule has 0 bridgehead atoms. The molecular formula is C14H18N2O. The molecule has 2 aromatic rings. The summed E-state index contributed by atoms with van der Waals surface area (Å²) in [6.45, 7) is 6.21. The SMILES string of the molecule is CNc1c(C)c(C)nc2c(OC)ccc(C)c12. The Bertz CT molecular complexity index is 576. The third-order valence-corrected chi connectivity index (χ3v) is 3.27. The zero-order valence-corrected chi connectivity index (χ0v) is 11.0. The number of nitrogens with zero attached hydrogens (tertiary/aromatic N) is 1. The third-order valence-electron chi connectivity index (χ3n) is 3.27. The zero-order chi connectivity index (χ0) is 12.6. The molecule has 17 heavy (non-hydrogen) atoms. The van der Waals surface area contributed by atoms with Gasteiger partial charge in [0.1, 0.15) is 11.3 Å². The van der Waals surface area contributed by atoms with Crippen molar-refractivity contribution >= 4 is 16.6 Å². The highest BCUT2D eigenvalue weighted by Crippen LogP contribution is 2.34. The summed E-state index contributed by atoms with van der Waals surface area (Å²) < 4.78 is 5.39. The summed E-state index contributed by atoms with van der Waals surface area (Å²) in [5.74, 6) is 0.824. The topological polar surface area (TPSA) is 34.2 Å². The Morgan fingerprint density at radius 3 is 2.47 bits per heavy atom. The molecule has 0 radical (unpaired) electrons. The van der Waals surface area contributed by atoms with Crippen molar-refractivity contribution in [1.82, 2.24) is 4.98 Å². The molecule has 0 fully saturated rings. The van der Waals surface area contributed by atoms with Gasteiger partial charge in [0, 0.05) is 23.8 Å². The van der Waals surface area contributed by atoms with Crippen molar-refractivity contribution in [3.8, 4) is 5.75 Å². The summed E-state index contributed by atoms with van der Waals surface area (Å²) in [5.41, 5.74) is 5.51. The average molecular weight is 230 g/mol. The number of methoxy groups -OCH3 is 1. The summed E-state index contributed by atoms with van der Waals surface area (Å²) in [5, 5.41) is 4.42. The lowest BCUT2D eigenvalue weighted by molar-refractivity contribution is 0.419. The molecule has 90 valence electrons. The van der Waals surface area contributed by atoms with Gasteiger partial charge >= 0.3 is 0 Å². The van der Waals surface area contributed by atoms with Crippen molar-refractivity contribution in [2.24, 2.45) is 0 Å². The van der Waals surface area contributed by atoms with Gasteiger partial charge in [0.15, 0.2) is 0 Å². The molecule has 2 rings (SSSR count). The lowest BCUT2D eigenvalue weighted by atomic mass is 10.0. The quantitative estimate of drug-likeness (QED) is 0.860. The Morgan fingerprint density at radius 1 is 1.18 bits per heavy atom. The van der Waals surface area contributed by atoms with Gasteiger partial charge in [-0.1, -0.05) is 6.07 Å². The van der Waals surface area contributed by atoms with Crippen LogP contribution in [0.1, 0.15) is 16.8 Å². The molecule has 0 spiro atoms. The first-order valence-electron chi connectivity index (χ1n) is 5.72. The van der Waals surface area contributed by atoms with Crippen LogP contribution >= 0.6 is 0 Å². The maximum absolute atomic E-state index is 5.39. The number of hydrogen-bond donors (Lipinski definition) is 1. The van der Waals surface area contributed by atoms with E-state index in [1.807, 2.05) is 20.0 Å². The van der Waals surface area contributed by atoms with E-state index in [2.05, 4.69) is 30.2 Å². The Balaban J connectivity index is 2.98. The van der Waals surface area contributed by atoms with E-state index in [0.717, 1.165) is 28.0 Å². The van der Waals surface area contributed by atoms with Crippen molar-refractivity contribution in [2.75, 3.05) is 19.5 Å². The number of ether oxygens (including phenoxy) is 1. The number of pyridine rings is 1. The van der Waals surface area contributed by atoms with E-state index in [4.69, 9.17) is 4.74 Å². The van der Waals surface area contributed by atoms with Crippen LogP contribution in [-0.2, 0) is 0 Å². The van der Waals surface area contributed by atoms with Crippen molar-refractivity contribution in [3.05, 3.63) is 29.0 Å². The number of hydrogen-bond acceptors (Lipinski definition) is 3. The minimum absolute atomic E-state index is 0.824. The first-order chi connectivity index (χ1) is 8.10. The van der Waals surface area contributed by atoms with Crippen molar-refractivity contribution in [1.29, 1.82) is 0 Å². The molecule has 1 aromatic carbocycles. The number of nitrogens with one attached hydrogen (secondary N) is 1. The maximum atomic E-state index is 5.39. The second-order valence-corrected chi connectivity index (χ2v) is 4.26. The first-order valence-corrected chi connectivity index (χ1v) is 5.72. The predicted octanol–water partition coefficient (Wildman–Crippen LogP) is 3.21. The number of aryl methyl sites for hydroxylation is 2. The normalized spacial score (nSPS) is 10.6. The fourth-order valence-electron chi connectivity index (χ4n) is 2.20. The highest BCUT2D eigenvalue weighted by molar-refractivity contribution is 5.99. The molecule has 0 saturated heterocycles. The highest BCUT2D eigenvalue weighted by Gasteiger charge is 2.13. The van der Waals surface area contributed by atoms with Crippen LogP contribution in [0.25, 0.3) is 10.9 Å². The Hall–Kier alpha value is -1.77. The standard InChI is InChI=1S/C14H18N2O/c1-8-6-7-11(17-5)14-12(8)13(15-4)9(2)10(3)16-14/h6-7H,1-5H3,(H,15,16). The van der Waals surface area contributed by atoms with Gasteiger partial charge in [-0.3, -0.25) is 0 Å². The summed E-state index contributed by atoms with van der Waals surface area (Å²) >= 11 is 0. The van der Waals surface area contributed by atoms with E-state index in [1.54, 1.807) is 7.11 Å². The molecule has 0 aliphatic rings. The minimum atomic E-state index is 0.824. The van der Waals surface area contributed by atoms with Crippen LogP contribution in [0.15, 0.2) is 12.1 Å². The number of rotatable bonds is 2. The number of anilines is 1. The van der Waals surface area contributed by atoms with Crippen LogP contribution in [-0.4, -0.2) is 19.1 Å². The largest absolute Gasteiger partial charge is 0.494 e. The minimum Gasteiger partial charge on any atom is -0.494 e. The second-order valence-electron chi connectivity index (χ2n) is 4.26. The van der Waals surface area contributed by atoms with E-state index < -0.39 is 0 Å². The van der Waals surface area contributed by atoms with Crippen LogP contribution in [0.4, 0.5) is 5.69 Å². The van der Waals surface area contributed by atoms with Gasteiger partial charge in [-0.15, -0.1) is 0 Å². The number of benzene rings is 1. The summed E-state index contributed by atoms with van der Waals surface area (Å²) in [6.07, 6.45) is 0. The van der Waals surface area contributed by atoms with E-state index in [-0.39, 0.29) is 0 Å². The summed E-state index contributed by atoms with van der Waals surface area (Å²) in [6, 6.07) is 4.04. The molecule has 0 atom stereocenters. The second kappa shape index (κ2) is 4.24. The molecule has 0 saturated carbocycles. The molecule has 3 heteroatoms. The molecule has 3 nitrogen and oxygen atoms in total. The average Bonchev–Trinajstić information content (AvgIpc) is 2.32. The maximum Gasteiger partial charge on any atom is 0.145 e. The first kappa shape index (κ1) is 11.7. The van der Waals surface area contributed by atoms with Crippen LogP contribution in [0, 0.1) is 20.8 Å². The van der Waals surface area contributed by atoms with Gasteiger partial charge < -0.3 is 10.1 Å². The van der Waals surface area contributed by atoms with Crippen LogP contribution in [0.2, 0.25) is 0 Å². The molecule has 1 aromatic heterocycles. The van der Waals surface area contributed by atoms with Crippen molar-refractivity contribution in [2.45, 2.75) is 20.8 Å². The molecule has 0 aliphatic heterocycles. The summed E-state index contributed by atoms with van der Waals surface area (Å²) in [7, 11) is 3.63. The predicted molar refractivity (Wildman–Crippen MR) is 72.1 cm³/mol. The number of fused-ring (bicyclic) bond motifs is 1. The summed E-state index contributed by atoms with van der Waals surface area (Å²) in [4.78, 5) is 4.65. The molecule has 1 N–H and O–H groups in total. The lowest BCUT2D eigenvalue weighted by Gasteiger charge is -2.15. The van der Waals surface area contributed by atoms with E-state index in [0.29, 0.717) is 0 Å². The van der Waals surface area contributed by atoms with Gasteiger partial charge in [0.2, 0.25) is 0 Å². The van der Waals surface area contributed by atoms with Crippen LogP contribution < -0.4 is 10.1 Å². The fourth-order valence-corrected chi connectivity index (χ4v) is 2.20. The van der Waals surface area contributed by atoms with Gasteiger partial charge in [-0.25, -0.2) is 4.98 Å². The van der Waals surface area contributed by atoms with Gasteiger partial charge in [0.25, 0.3) is 0 Å². The molecule has 0 aliphatic carbocycles. The van der Waals surface area contributed by atoms with E-state index in [1.165, 1.54) is 11.1 Å². The van der Waals surface area contributed by atoms with Crippen molar-refractivity contribution in [3.63, 3.8) is 0 Å². The zero-order valence-electron chi connectivity index (χ0n) is 11.0. The smallest absolute Gasteiger partial charge is 0.145 e. The van der Waals surface area contributed by atoms with Crippen molar-refractivity contribution < 1.29 is 4.74 Å².